The molecule has 2 nitrogen and oxygen atoms in total. The van der Waals surface area contributed by atoms with E-state index >= 15 is 0 Å². The molecule has 20 heavy (non-hydrogen) atoms. The Balaban J connectivity index is 2.36. The molecule has 102 valence electrons. The van der Waals surface area contributed by atoms with Gasteiger partial charge in [0.05, 0.1) is 18.3 Å². The molecule has 1 heterocycles. The van der Waals surface area contributed by atoms with E-state index in [2.05, 4.69) is 60.0 Å². The van der Waals surface area contributed by atoms with Crippen molar-refractivity contribution in [2.45, 2.75) is 19.9 Å². The first-order valence-corrected chi connectivity index (χ1v) is 7.07. The summed E-state index contributed by atoms with van der Waals surface area (Å²) in [6, 6.07) is 18.9. The van der Waals surface area contributed by atoms with Crippen LogP contribution in [0, 0.1) is 0 Å². The fraction of sp³-hybridized carbons (Fsp3) is 0.222. The molecule has 0 spiro atoms. The molecule has 0 radical (unpaired) electrons. The first-order valence-electron chi connectivity index (χ1n) is 7.07. The van der Waals surface area contributed by atoms with Gasteiger partial charge >= 0.3 is 0 Å². The van der Waals surface area contributed by atoms with Crippen molar-refractivity contribution in [2.75, 3.05) is 7.11 Å². The van der Waals surface area contributed by atoms with Crippen LogP contribution in [-0.4, -0.2) is 11.7 Å². The fourth-order valence-corrected chi connectivity index (χ4v) is 2.82. The van der Waals surface area contributed by atoms with Crippen LogP contribution in [0.3, 0.4) is 0 Å². The van der Waals surface area contributed by atoms with Crippen molar-refractivity contribution in [2.24, 2.45) is 0 Å². The molecule has 2 aromatic carbocycles. The molecule has 0 aliphatic rings. The molecular weight excluding hydrogens is 246 g/mol. The van der Waals surface area contributed by atoms with Crippen molar-refractivity contribution >= 4 is 10.9 Å². The summed E-state index contributed by atoms with van der Waals surface area (Å²) >= 11 is 0. The number of nitrogens with zero attached hydrogens (tertiary/aromatic N) is 1. The molecular formula is C18H19NO. The molecule has 0 saturated heterocycles. The number of ether oxygens (including phenoxy) is 1. The molecule has 3 rings (SSSR count). The zero-order valence-corrected chi connectivity index (χ0v) is 12.0. The molecule has 0 unspecified atom stereocenters. The van der Waals surface area contributed by atoms with Crippen molar-refractivity contribution in [1.82, 2.24) is 4.57 Å². The Morgan fingerprint density at radius 3 is 2.35 bits per heavy atom. The van der Waals surface area contributed by atoms with E-state index in [1.807, 2.05) is 6.07 Å². The van der Waals surface area contributed by atoms with Crippen LogP contribution in [0.1, 0.15) is 13.3 Å². The zero-order valence-electron chi connectivity index (χ0n) is 12.0. The van der Waals surface area contributed by atoms with Gasteiger partial charge in [-0.1, -0.05) is 49.4 Å². The van der Waals surface area contributed by atoms with Crippen molar-refractivity contribution in [1.29, 1.82) is 0 Å². The average molecular weight is 265 g/mol. The zero-order chi connectivity index (χ0) is 13.9. The van der Waals surface area contributed by atoms with Crippen LogP contribution in [0.2, 0.25) is 0 Å². The standard InChI is InChI=1S/C18H19NO/c1-3-13-19-16-12-8-7-11-15(16)18(20-2)17(19)14-9-5-4-6-10-14/h4-12H,3,13H2,1-2H3. The van der Waals surface area contributed by atoms with E-state index in [1.54, 1.807) is 7.11 Å². The Labute approximate surface area is 119 Å². The lowest BCUT2D eigenvalue weighted by molar-refractivity contribution is 0.419. The first-order chi connectivity index (χ1) is 9.86. The Morgan fingerprint density at radius 2 is 1.65 bits per heavy atom. The maximum atomic E-state index is 5.72. The van der Waals surface area contributed by atoms with Gasteiger partial charge in [0.25, 0.3) is 0 Å². The minimum atomic E-state index is 0.972. The third-order valence-corrected chi connectivity index (χ3v) is 3.62. The summed E-state index contributed by atoms with van der Waals surface area (Å²) in [5.74, 6) is 0.972. The molecule has 2 heteroatoms. The summed E-state index contributed by atoms with van der Waals surface area (Å²) in [5, 5.41) is 1.18. The smallest absolute Gasteiger partial charge is 0.152 e. The van der Waals surface area contributed by atoms with Crippen LogP contribution in [0.25, 0.3) is 22.2 Å². The van der Waals surface area contributed by atoms with Crippen LogP contribution in [0.15, 0.2) is 54.6 Å². The lowest BCUT2D eigenvalue weighted by atomic mass is 10.1. The second kappa shape index (κ2) is 5.41. The molecule has 0 bridgehead atoms. The molecule has 0 amide bonds. The van der Waals surface area contributed by atoms with Gasteiger partial charge in [0.15, 0.2) is 5.75 Å². The van der Waals surface area contributed by atoms with Crippen LogP contribution in [0.5, 0.6) is 5.75 Å². The van der Waals surface area contributed by atoms with Gasteiger partial charge in [-0.05, 0) is 18.6 Å². The van der Waals surface area contributed by atoms with Gasteiger partial charge < -0.3 is 9.30 Å². The van der Waals surface area contributed by atoms with E-state index in [-0.39, 0.29) is 0 Å². The first kappa shape index (κ1) is 12.8. The monoisotopic (exact) mass is 265 g/mol. The molecule has 0 fully saturated rings. The number of hydrogen-bond donors (Lipinski definition) is 0. The molecule has 1 aromatic heterocycles. The van der Waals surface area contributed by atoms with Gasteiger partial charge in [-0.2, -0.15) is 0 Å². The number of aromatic nitrogens is 1. The SMILES string of the molecule is CCCn1c(-c2ccccc2)c(OC)c2ccccc21. The lowest BCUT2D eigenvalue weighted by Gasteiger charge is -2.10. The maximum Gasteiger partial charge on any atom is 0.152 e. The number of fused-ring (bicyclic) bond motifs is 1. The van der Waals surface area contributed by atoms with Crippen molar-refractivity contribution < 1.29 is 4.74 Å². The number of rotatable bonds is 4. The van der Waals surface area contributed by atoms with E-state index in [0.717, 1.165) is 18.7 Å². The van der Waals surface area contributed by atoms with Crippen LogP contribution >= 0.6 is 0 Å². The molecule has 3 aromatic rings. The third kappa shape index (κ3) is 1.97. The third-order valence-electron chi connectivity index (χ3n) is 3.62. The van der Waals surface area contributed by atoms with Gasteiger partial charge in [0.2, 0.25) is 0 Å². The summed E-state index contributed by atoms with van der Waals surface area (Å²) in [7, 11) is 1.75. The van der Waals surface area contributed by atoms with Gasteiger partial charge in [0, 0.05) is 17.5 Å². The van der Waals surface area contributed by atoms with E-state index in [4.69, 9.17) is 4.74 Å². The van der Waals surface area contributed by atoms with Crippen molar-refractivity contribution in [3.63, 3.8) is 0 Å². The number of methoxy groups -OCH3 is 1. The summed E-state index contributed by atoms with van der Waals surface area (Å²) in [5.41, 5.74) is 3.62. The molecule has 0 atom stereocenters. The summed E-state index contributed by atoms with van der Waals surface area (Å²) < 4.78 is 8.08. The van der Waals surface area contributed by atoms with Gasteiger partial charge in [-0.15, -0.1) is 0 Å². The largest absolute Gasteiger partial charge is 0.494 e. The normalized spacial score (nSPS) is 10.9. The van der Waals surface area contributed by atoms with E-state index < -0.39 is 0 Å². The lowest BCUT2D eigenvalue weighted by Crippen LogP contribution is -1.99. The Bertz CT molecular complexity index is 713. The Morgan fingerprint density at radius 1 is 0.950 bits per heavy atom. The molecule has 0 aliphatic heterocycles. The predicted molar refractivity (Wildman–Crippen MR) is 84.2 cm³/mol. The second-order valence-corrected chi connectivity index (χ2v) is 4.92. The minimum absolute atomic E-state index is 0.972. The quantitative estimate of drug-likeness (QED) is 0.665. The minimum Gasteiger partial charge on any atom is -0.494 e. The highest BCUT2D eigenvalue weighted by Crippen LogP contribution is 2.39. The highest BCUT2D eigenvalue weighted by molar-refractivity contribution is 5.95. The van der Waals surface area contributed by atoms with Crippen LogP contribution in [0.4, 0.5) is 0 Å². The van der Waals surface area contributed by atoms with E-state index in [9.17, 15) is 0 Å². The summed E-state index contributed by atoms with van der Waals surface area (Å²) in [6.45, 7) is 3.20. The van der Waals surface area contributed by atoms with E-state index in [1.165, 1.54) is 22.2 Å². The van der Waals surface area contributed by atoms with Crippen LogP contribution < -0.4 is 4.74 Å². The summed E-state index contributed by atoms with van der Waals surface area (Å²) in [6.07, 6.45) is 1.10. The Hall–Kier alpha value is -2.22. The maximum absolute atomic E-state index is 5.72. The van der Waals surface area contributed by atoms with Gasteiger partial charge in [0.1, 0.15) is 0 Å². The summed E-state index contributed by atoms with van der Waals surface area (Å²) in [4.78, 5) is 0. The molecule has 0 saturated carbocycles. The van der Waals surface area contributed by atoms with Gasteiger partial charge in [-0.3, -0.25) is 0 Å². The topological polar surface area (TPSA) is 14.2 Å². The van der Waals surface area contributed by atoms with Crippen molar-refractivity contribution in [3.8, 4) is 17.0 Å². The number of aryl methyl sites for hydroxylation is 1. The number of para-hydroxylation sites is 1. The number of hydrogen-bond acceptors (Lipinski definition) is 1. The average Bonchev–Trinajstić information content (AvgIpc) is 2.82. The van der Waals surface area contributed by atoms with Crippen molar-refractivity contribution in [3.05, 3.63) is 54.6 Å². The highest BCUT2D eigenvalue weighted by atomic mass is 16.5. The molecule has 0 N–H and O–H groups in total. The fourth-order valence-electron chi connectivity index (χ4n) is 2.82. The van der Waals surface area contributed by atoms with Gasteiger partial charge in [-0.25, -0.2) is 0 Å². The predicted octanol–water partition coefficient (Wildman–Crippen LogP) is 4.73. The molecule has 0 aliphatic carbocycles. The second-order valence-electron chi connectivity index (χ2n) is 4.92. The Kier molecular flexibility index (Phi) is 3.46. The van der Waals surface area contributed by atoms with Crippen LogP contribution in [-0.2, 0) is 6.54 Å². The van der Waals surface area contributed by atoms with E-state index in [0.29, 0.717) is 0 Å². The highest BCUT2D eigenvalue weighted by Gasteiger charge is 2.18. The number of benzene rings is 2.